The number of benzene rings is 1. The number of carbonyl (C=O) groups excluding carboxylic acids is 1. The first-order valence-corrected chi connectivity index (χ1v) is 9.86. The van der Waals surface area contributed by atoms with Gasteiger partial charge < -0.3 is 10.1 Å². The number of hydrogen-bond donors (Lipinski definition) is 2. The van der Waals surface area contributed by atoms with Gasteiger partial charge in [-0.3, -0.25) is 9.89 Å². The quantitative estimate of drug-likeness (QED) is 0.560. The van der Waals surface area contributed by atoms with Crippen LogP contribution in [-0.4, -0.2) is 21.1 Å². The van der Waals surface area contributed by atoms with Crippen molar-refractivity contribution in [3.8, 4) is 11.6 Å². The first-order valence-electron chi connectivity index (χ1n) is 9.07. The standard InChI is InChI=1S/C21H23BrN4O2/c1-12(2)19-18(22)20(26-25-19)21(27)24-11-15-7-8-17(23-10-15)28-16-9-13(3)5-6-14(16)4/h5-10,12H,11H2,1-4H3,(H,24,27)(H,25,26). The van der Waals surface area contributed by atoms with Gasteiger partial charge in [0.15, 0.2) is 5.69 Å². The van der Waals surface area contributed by atoms with Gasteiger partial charge in [0.2, 0.25) is 5.88 Å². The van der Waals surface area contributed by atoms with Gasteiger partial charge in [0, 0.05) is 18.8 Å². The molecule has 0 aliphatic heterocycles. The normalized spacial score (nSPS) is 10.9. The van der Waals surface area contributed by atoms with Crippen LogP contribution in [-0.2, 0) is 6.54 Å². The summed E-state index contributed by atoms with van der Waals surface area (Å²) < 4.78 is 6.57. The molecule has 2 aromatic heterocycles. The first-order chi connectivity index (χ1) is 13.3. The molecule has 6 nitrogen and oxygen atoms in total. The van der Waals surface area contributed by atoms with E-state index in [-0.39, 0.29) is 11.8 Å². The lowest BCUT2D eigenvalue weighted by molar-refractivity contribution is 0.0945. The van der Waals surface area contributed by atoms with Crippen molar-refractivity contribution in [2.75, 3.05) is 0 Å². The third-order valence-corrected chi connectivity index (χ3v) is 5.14. The van der Waals surface area contributed by atoms with E-state index in [4.69, 9.17) is 4.74 Å². The summed E-state index contributed by atoms with van der Waals surface area (Å²) >= 11 is 3.45. The molecule has 0 aliphatic rings. The number of ether oxygens (including phenoxy) is 1. The molecule has 146 valence electrons. The van der Waals surface area contributed by atoms with Gasteiger partial charge in [0.05, 0.1) is 10.2 Å². The van der Waals surface area contributed by atoms with Crippen molar-refractivity contribution in [3.63, 3.8) is 0 Å². The van der Waals surface area contributed by atoms with E-state index in [1.165, 1.54) is 0 Å². The van der Waals surface area contributed by atoms with Crippen molar-refractivity contribution in [1.82, 2.24) is 20.5 Å². The lowest BCUT2D eigenvalue weighted by Crippen LogP contribution is -2.23. The Morgan fingerprint density at radius 3 is 2.68 bits per heavy atom. The Labute approximate surface area is 172 Å². The molecule has 0 aliphatic carbocycles. The summed E-state index contributed by atoms with van der Waals surface area (Å²) in [4.78, 5) is 16.7. The molecule has 1 amide bonds. The van der Waals surface area contributed by atoms with Crippen molar-refractivity contribution in [3.05, 3.63) is 69.1 Å². The van der Waals surface area contributed by atoms with E-state index >= 15 is 0 Å². The molecular weight excluding hydrogens is 420 g/mol. The molecule has 0 bridgehead atoms. The number of aryl methyl sites for hydroxylation is 2. The molecule has 1 aromatic carbocycles. The average molecular weight is 443 g/mol. The van der Waals surface area contributed by atoms with Crippen LogP contribution in [0.3, 0.4) is 0 Å². The van der Waals surface area contributed by atoms with Crippen LogP contribution in [0.1, 0.15) is 52.6 Å². The Morgan fingerprint density at radius 2 is 2.04 bits per heavy atom. The van der Waals surface area contributed by atoms with Crippen molar-refractivity contribution >= 4 is 21.8 Å². The first kappa shape index (κ1) is 20.1. The van der Waals surface area contributed by atoms with Crippen LogP contribution < -0.4 is 10.1 Å². The van der Waals surface area contributed by atoms with E-state index in [9.17, 15) is 4.79 Å². The highest BCUT2D eigenvalue weighted by Crippen LogP contribution is 2.26. The summed E-state index contributed by atoms with van der Waals surface area (Å²) in [6, 6.07) is 9.73. The Morgan fingerprint density at radius 1 is 1.25 bits per heavy atom. The maximum atomic E-state index is 12.4. The lowest BCUT2D eigenvalue weighted by atomic mass is 10.1. The van der Waals surface area contributed by atoms with E-state index in [1.54, 1.807) is 12.3 Å². The van der Waals surface area contributed by atoms with Gasteiger partial charge in [-0.05, 0) is 58.5 Å². The van der Waals surface area contributed by atoms with Crippen LogP contribution >= 0.6 is 15.9 Å². The second-order valence-electron chi connectivity index (χ2n) is 7.01. The summed E-state index contributed by atoms with van der Waals surface area (Å²) in [5, 5.41) is 9.87. The number of aromatic nitrogens is 3. The fourth-order valence-corrected chi connectivity index (χ4v) is 3.46. The Kier molecular flexibility index (Phi) is 6.14. The number of aromatic amines is 1. The predicted octanol–water partition coefficient (Wildman–Crippen LogP) is 5.03. The number of carbonyl (C=O) groups is 1. The molecule has 0 atom stereocenters. The van der Waals surface area contributed by atoms with Crippen molar-refractivity contribution in [2.24, 2.45) is 0 Å². The van der Waals surface area contributed by atoms with E-state index in [2.05, 4.69) is 36.4 Å². The van der Waals surface area contributed by atoms with E-state index in [0.29, 0.717) is 22.6 Å². The second kappa shape index (κ2) is 8.56. The smallest absolute Gasteiger partial charge is 0.273 e. The van der Waals surface area contributed by atoms with Crippen molar-refractivity contribution in [2.45, 2.75) is 40.2 Å². The molecule has 2 heterocycles. The number of nitrogens with zero attached hydrogens (tertiary/aromatic N) is 2. The predicted molar refractivity (Wildman–Crippen MR) is 112 cm³/mol. The minimum absolute atomic E-state index is 0.245. The Bertz CT molecular complexity index is 981. The van der Waals surface area contributed by atoms with Gasteiger partial charge in [-0.25, -0.2) is 4.98 Å². The SMILES string of the molecule is Cc1ccc(C)c(Oc2ccc(CNC(=O)c3n[nH]c(C(C)C)c3Br)cn2)c1. The summed E-state index contributed by atoms with van der Waals surface area (Å²) in [6.07, 6.45) is 1.69. The topological polar surface area (TPSA) is 79.9 Å². The fraction of sp³-hybridized carbons (Fsp3) is 0.286. The fourth-order valence-electron chi connectivity index (χ4n) is 2.65. The maximum absolute atomic E-state index is 12.4. The van der Waals surface area contributed by atoms with Crippen molar-refractivity contribution < 1.29 is 9.53 Å². The largest absolute Gasteiger partial charge is 0.439 e. The van der Waals surface area contributed by atoms with Crippen LogP contribution in [0, 0.1) is 13.8 Å². The van der Waals surface area contributed by atoms with Gasteiger partial charge in [-0.1, -0.05) is 32.0 Å². The monoisotopic (exact) mass is 442 g/mol. The minimum Gasteiger partial charge on any atom is -0.439 e. The number of rotatable bonds is 6. The number of amides is 1. The lowest BCUT2D eigenvalue weighted by Gasteiger charge is -2.09. The molecule has 2 N–H and O–H groups in total. The van der Waals surface area contributed by atoms with Gasteiger partial charge in [-0.2, -0.15) is 5.10 Å². The van der Waals surface area contributed by atoms with Crippen LogP contribution in [0.4, 0.5) is 0 Å². The number of hydrogen-bond acceptors (Lipinski definition) is 4. The molecule has 28 heavy (non-hydrogen) atoms. The number of pyridine rings is 1. The van der Waals surface area contributed by atoms with Crippen molar-refractivity contribution in [1.29, 1.82) is 0 Å². The highest BCUT2D eigenvalue weighted by molar-refractivity contribution is 9.10. The average Bonchev–Trinajstić information content (AvgIpc) is 3.05. The number of halogens is 1. The van der Waals surface area contributed by atoms with E-state index in [1.807, 2.05) is 52.0 Å². The number of nitrogens with one attached hydrogen (secondary N) is 2. The molecule has 3 aromatic rings. The van der Waals surface area contributed by atoms with E-state index in [0.717, 1.165) is 28.1 Å². The van der Waals surface area contributed by atoms with Gasteiger partial charge in [-0.15, -0.1) is 0 Å². The molecule has 0 radical (unpaired) electrons. The molecule has 0 spiro atoms. The summed E-state index contributed by atoms with van der Waals surface area (Å²) in [5.41, 5.74) is 4.31. The molecule has 0 saturated heterocycles. The van der Waals surface area contributed by atoms with Gasteiger partial charge >= 0.3 is 0 Å². The van der Waals surface area contributed by atoms with Crippen LogP contribution in [0.25, 0.3) is 0 Å². The zero-order valence-electron chi connectivity index (χ0n) is 16.3. The highest BCUT2D eigenvalue weighted by atomic mass is 79.9. The van der Waals surface area contributed by atoms with Gasteiger partial charge in [0.25, 0.3) is 5.91 Å². The van der Waals surface area contributed by atoms with E-state index < -0.39 is 0 Å². The zero-order valence-corrected chi connectivity index (χ0v) is 17.9. The second-order valence-corrected chi connectivity index (χ2v) is 7.81. The molecule has 0 saturated carbocycles. The Hall–Kier alpha value is -2.67. The summed E-state index contributed by atoms with van der Waals surface area (Å²) in [5.74, 6) is 1.31. The van der Waals surface area contributed by atoms with Gasteiger partial charge in [0.1, 0.15) is 5.75 Å². The molecular formula is C21H23BrN4O2. The molecule has 0 unspecified atom stereocenters. The molecule has 7 heteroatoms. The number of H-pyrrole nitrogens is 1. The third kappa shape index (κ3) is 4.59. The maximum Gasteiger partial charge on any atom is 0.273 e. The highest BCUT2D eigenvalue weighted by Gasteiger charge is 2.19. The third-order valence-electron chi connectivity index (χ3n) is 4.33. The molecule has 3 rings (SSSR count). The van der Waals surface area contributed by atoms with Crippen LogP contribution in [0.15, 0.2) is 41.0 Å². The minimum atomic E-state index is -0.245. The summed E-state index contributed by atoms with van der Waals surface area (Å²) in [6.45, 7) is 8.44. The zero-order chi connectivity index (χ0) is 20.3. The van der Waals surface area contributed by atoms with Crippen LogP contribution in [0.2, 0.25) is 0 Å². The van der Waals surface area contributed by atoms with Crippen LogP contribution in [0.5, 0.6) is 11.6 Å². The Balaban J connectivity index is 1.61. The summed E-state index contributed by atoms with van der Waals surface area (Å²) in [7, 11) is 0. The molecule has 0 fully saturated rings.